The summed E-state index contributed by atoms with van der Waals surface area (Å²) in [6.07, 6.45) is 16.7. The maximum absolute atomic E-state index is 13.0. The second kappa shape index (κ2) is 23.6. The second-order valence-corrected chi connectivity index (χ2v) is 18.9. The Morgan fingerprint density at radius 1 is 0.530 bits per heavy atom. The number of likely N-dealkylation sites (tertiary alicyclic amines) is 2. The molecule has 2 aliphatic carbocycles. The van der Waals surface area contributed by atoms with Gasteiger partial charge in [0.05, 0.1) is 5.56 Å². The number of nitrogens with one attached hydrogen (secondary N) is 1. The monoisotopic (exact) mass is 917 g/mol. The number of carbonyl (C=O) groups excluding carboxylic acids is 3. The molecule has 4 aromatic rings. The first-order valence-corrected chi connectivity index (χ1v) is 24.5. The summed E-state index contributed by atoms with van der Waals surface area (Å²) in [5, 5.41) is 12.2. The van der Waals surface area contributed by atoms with Gasteiger partial charge in [-0.2, -0.15) is 0 Å². The highest BCUT2D eigenvalue weighted by Gasteiger charge is 2.27. The summed E-state index contributed by atoms with van der Waals surface area (Å²) in [5.74, 6) is -0.612. The van der Waals surface area contributed by atoms with Crippen LogP contribution in [0.15, 0.2) is 84.9 Å². The van der Waals surface area contributed by atoms with Crippen LogP contribution in [0.3, 0.4) is 0 Å². The number of hydrogen-bond acceptors (Lipinski definition) is 7. The predicted molar refractivity (Wildman–Crippen MR) is 265 cm³/mol. The minimum atomic E-state index is -0.924. The number of nitrogens with zero attached hydrogens (tertiary/aromatic N) is 4. The first-order valence-electron chi connectivity index (χ1n) is 24.5. The first-order chi connectivity index (χ1) is 31.7. The summed E-state index contributed by atoms with van der Waals surface area (Å²) in [6.45, 7) is 9.79. The predicted octanol–water partition coefficient (Wildman–Crippen LogP) is 8.58. The molecule has 2 saturated carbocycles. The molecule has 10 rings (SSSR count). The lowest BCUT2D eigenvalue weighted by Crippen LogP contribution is -2.42. The highest BCUT2D eigenvalue weighted by molar-refractivity contribution is 5.98. The maximum atomic E-state index is 13.0. The third kappa shape index (κ3) is 12.7. The Kier molecular flexibility index (Phi) is 17.5. The van der Waals surface area contributed by atoms with Crippen LogP contribution in [-0.4, -0.2) is 126 Å². The van der Waals surface area contributed by atoms with Crippen LogP contribution in [0.5, 0.6) is 0 Å². The van der Waals surface area contributed by atoms with Crippen molar-refractivity contribution in [2.75, 3.05) is 65.4 Å². The molecule has 352 valence electrons. The fraction of sp³-hybridized carbons (Fsp3) is 0.481. The van der Waals surface area contributed by atoms with Crippen molar-refractivity contribution in [3.05, 3.63) is 118 Å². The molecule has 11 nitrogen and oxygen atoms in total. The number of hydrogen-bond donors (Lipinski definition) is 3. The minimum absolute atomic E-state index is 0. The van der Waals surface area contributed by atoms with E-state index >= 15 is 0 Å². The summed E-state index contributed by atoms with van der Waals surface area (Å²) in [6, 6.07) is 27.7. The molecular weight excluding hydrogens is 848 g/mol. The molecule has 66 heavy (non-hydrogen) atoms. The number of carboxylic acids is 1. The fourth-order valence-electron chi connectivity index (χ4n) is 10.3. The average molecular weight is 918 g/mol. The first kappa shape index (κ1) is 48.9. The zero-order valence-corrected chi connectivity index (χ0v) is 39.4. The molecule has 0 radical (unpaired) electrons. The quantitative estimate of drug-likeness (QED) is 0.136. The van der Waals surface area contributed by atoms with Gasteiger partial charge in [-0.1, -0.05) is 74.2 Å². The minimum Gasteiger partial charge on any atom is -0.478 e. The molecule has 0 bridgehead atoms. The smallest absolute Gasteiger partial charge is 0.335 e. The van der Waals surface area contributed by atoms with Gasteiger partial charge < -0.3 is 35.8 Å². The van der Waals surface area contributed by atoms with Crippen molar-refractivity contribution in [3.63, 3.8) is 0 Å². The number of nitrogens with two attached hydrogens (primary N) is 1. The van der Waals surface area contributed by atoms with Crippen LogP contribution in [0.1, 0.15) is 130 Å². The van der Waals surface area contributed by atoms with E-state index in [1.165, 1.54) is 77.3 Å². The molecule has 6 aliphatic rings. The molecular formula is C54H69ClN6O5. The molecule has 4 aliphatic heterocycles. The Labute approximate surface area is 397 Å². The highest BCUT2D eigenvalue weighted by Crippen LogP contribution is 2.29. The molecule has 4 fully saturated rings. The molecule has 3 amide bonds. The van der Waals surface area contributed by atoms with E-state index in [1.54, 1.807) is 12.1 Å². The molecule has 2 saturated heterocycles. The number of amides is 3. The van der Waals surface area contributed by atoms with Crippen LogP contribution < -0.4 is 11.1 Å². The summed E-state index contributed by atoms with van der Waals surface area (Å²) in [5.41, 5.74) is 14.5. The normalized spacial score (nSPS) is 18.7. The van der Waals surface area contributed by atoms with E-state index in [0.717, 1.165) is 123 Å². The molecule has 4 aromatic carbocycles. The molecule has 0 unspecified atom stereocenters. The van der Waals surface area contributed by atoms with Gasteiger partial charge in [0.1, 0.15) is 0 Å². The number of aromatic carboxylic acids is 1. The Morgan fingerprint density at radius 2 is 0.939 bits per heavy atom. The van der Waals surface area contributed by atoms with Crippen molar-refractivity contribution in [2.45, 2.75) is 102 Å². The summed E-state index contributed by atoms with van der Waals surface area (Å²) < 4.78 is 0. The largest absolute Gasteiger partial charge is 0.478 e. The van der Waals surface area contributed by atoms with Crippen molar-refractivity contribution in [1.82, 2.24) is 24.9 Å². The number of fused-ring (bicyclic) bond motifs is 2. The summed E-state index contributed by atoms with van der Waals surface area (Å²) >= 11 is 0. The SMILES string of the molecule is Cl.NC1CCCC1.O=C(NC1CCCC1)c1ccc(-c2ccc3c(c2)CCN(CCN2CCCC2)C3=O)cc1.O=C(O)c1ccc(-c2ccc3c(c2)CCN(CCN2CCCC2)C3=O)cc1. The van der Waals surface area contributed by atoms with Crippen LogP contribution in [0, 0.1) is 0 Å². The lowest BCUT2D eigenvalue weighted by molar-refractivity contribution is 0.0692. The van der Waals surface area contributed by atoms with E-state index in [1.807, 2.05) is 70.5 Å². The lowest BCUT2D eigenvalue weighted by Gasteiger charge is -2.30. The molecule has 12 heteroatoms. The van der Waals surface area contributed by atoms with Gasteiger partial charge in [0.25, 0.3) is 17.7 Å². The van der Waals surface area contributed by atoms with Gasteiger partial charge in [0.15, 0.2) is 0 Å². The van der Waals surface area contributed by atoms with Gasteiger partial charge in [0, 0.05) is 68.0 Å². The summed E-state index contributed by atoms with van der Waals surface area (Å²) in [4.78, 5) is 58.2. The summed E-state index contributed by atoms with van der Waals surface area (Å²) in [7, 11) is 0. The van der Waals surface area contributed by atoms with Gasteiger partial charge in [-0.25, -0.2) is 4.79 Å². The molecule has 4 heterocycles. The number of halogens is 1. The third-order valence-electron chi connectivity index (χ3n) is 14.4. The van der Waals surface area contributed by atoms with E-state index < -0.39 is 5.97 Å². The van der Waals surface area contributed by atoms with Crippen molar-refractivity contribution in [3.8, 4) is 22.3 Å². The van der Waals surface area contributed by atoms with Crippen LogP contribution in [0.25, 0.3) is 22.3 Å². The Balaban J connectivity index is 0.000000174. The van der Waals surface area contributed by atoms with Gasteiger partial charge in [-0.3, -0.25) is 14.4 Å². The van der Waals surface area contributed by atoms with Crippen molar-refractivity contribution in [1.29, 1.82) is 0 Å². The van der Waals surface area contributed by atoms with Gasteiger partial charge in [-0.15, -0.1) is 12.4 Å². The molecule has 0 aromatic heterocycles. The van der Waals surface area contributed by atoms with E-state index in [4.69, 9.17) is 10.8 Å². The number of rotatable bonds is 11. The van der Waals surface area contributed by atoms with E-state index in [9.17, 15) is 19.2 Å². The fourth-order valence-corrected chi connectivity index (χ4v) is 10.3. The number of carbonyl (C=O) groups is 4. The maximum Gasteiger partial charge on any atom is 0.335 e. The van der Waals surface area contributed by atoms with Crippen LogP contribution in [-0.2, 0) is 12.8 Å². The van der Waals surface area contributed by atoms with Gasteiger partial charge in [-0.05, 0) is 160 Å². The molecule has 0 spiro atoms. The Hall–Kier alpha value is -5.07. The molecule has 4 N–H and O–H groups in total. The molecule has 0 atom stereocenters. The van der Waals surface area contributed by atoms with E-state index in [2.05, 4.69) is 27.2 Å². The lowest BCUT2D eigenvalue weighted by atomic mass is 9.93. The van der Waals surface area contributed by atoms with Crippen LogP contribution in [0.2, 0.25) is 0 Å². The van der Waals surface area contributed by atoms with E-state index in [-0.39, 0.29) is 35.7 Å². The third-order valence-corrected chi connectivity index (χ3v) is 14.4. The average Bonchev–Trinajstić information content (AvgIpc) is 4.20. The van der Waals surface area contributed by atoms with Gasteiger partial charge in [0.2, 0.25) is 0 Å². The zero-order valence-electron chi connectivity index (χ0n) is 38.6. The number of carboxylic acid groups (broad SMARTS) is 1. The number of benzene rings is 4. The van der Waals surface area contributed by atoms with Crippen LogP contribution in [0.4, 0.5) is 0 Å². The van der Waals surface area contributed by atoms with E-state index in [0.29, 0.717) is 17.6 Å². The van der Waals surface area contributed by atoms with Crippen molar-refractivity contribution in [2.24, 2.45) is 5.73 Å². The highest BCUT2D eigenvalue weighted by atomic mass is 35.5. The van der Waals surface area contributed by atoms with Gasteiger partial charge >= 0.3 is 5.97 Å². The Morgan fingerprint density at radius 3 is 1.35 bits per heavy atom. The van der Waals surface area contributed by atoms with Crippen LogP contribution >= 0.6 is 12.4 Å². The zero-order chi connectivity index (χ0) is 45.1. The standard InChI is InChI=1S/C27H33N3O2.C22H24N2O3.C5H11N.ClH/c31-26(28-24-5-1-2-6-24)21-9-7-20(8-10-21)22-11-12-25-23(19-22)13-16-30(27(25)32)18-17-29-14-3-4-15-29;25-21-20-8-7-18(16-3-5-17(6-4-16)22(26)27)15-19(20)9-12-24(21)14-13-23-10-1-2-11-23;6-5-3-1-2-4-5;/h7-12,19,24H,1-6,13-18H2,(H,28,31);3-8,15H,1-2,9-14H2,(H,26,27);5H,1-4,6H2;1H. The second-order valence-electron chi connectivity index (χ2n) is 18.9. The van der Waals surface area contributed by atoms with Crippen molar-refractivity contribution >= 4 is 36.1 Å². The van der Waals surface area contributed by atoms with Crippen molar-refractivity contribution < 1.29 is 24.3 Å². The topological polar surface area (TPSA) is 140 Å². The Bertz CT molecular complexity index is 2260.